The first-order chi connectivity index (χ1) is 11.8. The summed E-state index contributed by atoms with van der Waals surface area (Å²) in [5.74, 6) is -0.648. The molecule has 1 aliphatic rings. The molecule has 1 fully saturated rings. The number of anilines is 1. The van der Waals surface area contributed by atoms with Crippen LogP contribution in [0.3, 0.4) is 0 Å². The molecular weight excluding hydrogens is 361 g/mol. The lowest BCUT2D eigenvalue weighted by atomic mass is 9.74. The Kier molecular flexibility index (Phi) is 6.72. The molecule has 0 radical (unpaired) electrons. The third kappa shape index (κ3) is 4.87. The van der Waals surface area contributed by atoms with Gasteiger partial charge in [0.05, 0.1) is 28.2 Å². The van der Waals surface area contributed by atoms with Gasteiger partial charge in [0.2, 0.25) is 11.8 Å². The van der Waals surface area contributed by atoms with Gasteiger partial charge in [-0.15, -0.1) is 0 Å². The Morgan fingerprint density at radius 3 is 2.52 bits per heavy atom. The van der Waals surface area contributed by atoms with Crippen LogP contribution in [0.25, 0.3) is 0 Å². The molecule has 1 aromatic carbocycles. The third-order valence-corrected chi connectivity index (χ3v) is 5.44. The summed E-state index contributed by atoms with van der Waals surface area (Å²) < 4.78 is 0. The number of nitrogens with one attached hydrogen (secondary N) is 1. The van der Waals surface area contributed by atoms with Gasteiger partial charge in [-0.2, -0.15) is 0 Å². The molecule has 0 bridgehead atoms. The smallest absolute Gasteiger partial charge is 0.244 e. The van der Waals surface area contributed by atoms with Gasteiger partial charge in [-0.3, -0.25) is 9.59 Å². The van der Waals surface area contributed by atoms with Crippen molar-refractivity contribution in [2.75, 3.05) is 18.4 Å². The molecule has 138 valence electrons. The van der Waals surface area contributed by atoms with Crippen LogP contribution >= 0.6 is 23.2 Å². The quantitative estimate of drug-likeness (QED) is 0.811. The monoisotopic (exact) mass is 385 g/mol. The molecule has 5 nitrogen and oxygen atoms in total. The molecule has 7 heteroatoms. The maximum absolute atomic E-state index is 12.9. The summed E-state index contributed by atoms with van der Waals surface area (Å²) in [6.07, 6.45) is 3.61. The zero-order valence-electron chi connectivity index (χ0n) is 14.6. The number of nitrogens with two attached hydrogens (primary N) is 1. The topological polar surface area (TPSA) is 75.4 Å². The van der Waals surface area contributed by atoms with E-state index in [2.05, 4.69) is 5.32 Å². The van der Waals surface area contributed by atoms with E-state index in [1.165, 1.54) is 0 Å². The van der Waals surface area contributed by atoms with Crippen LogP contribution in [-0.2, 0) is 9.59 Å². The molecule has 0 heterocycles. The second-order valence-corrected chi connectivity index (χ2v) is 7.62. The van der Waals surface area contributed by atoms with Gasteiger partial charge in [-0.25, -0.2) is 0 Å². The summed E-state index contributed by atoms with van der Waals surface area (Å²) in [5.41, 5.74) is 6.17. The zero-order chi connectivity index (χ0) is 18.6. The van der Waals surface area contributed by atoms with Crippen molar-refractivity contribution in [2.24, 2.45) is 11.7 Å². The number of carbonyl (C=O) groups excluding carboxylic acids is 2. The molecular formula is C18H25Cl2N3O2. The van der Waals surface area contributed by atoms with Crippen molar-refractivity contribution in [1.82, 2.24) is 4.90 Å². The normalized spacial score (nSPS) is 23.2. The van der Waals surface area contributed by atoms with Crippen molar-refractivity contribution < 1.29 is 9.59 Å². The zero-order valence-corrected chi connectivity index (χ0v) is 16.2. The number of benzene rings is 1. The maximum atomic E-state index is 12.9. The van der Waals surface area contributed by atoms with Gasteiger partial charge in [-0.1, -0.05) is 42.1 Å². The van der Waals surface area contributed by atoms with E-state index in [0.717, 1.165) is 25.7 Å². The van der Waals surface area contributed by atoms with E-state index in [1.54, 1.807) is 23.1 Å². The van der Waals surface area contributed by atoms with Gasteiger partial charge in [0, 0.05) is 12.1 Å². The minimum absolute atomic E-state index is 0.0521. The van der Waals surface area contributed by atoms with Crippen LogP contribution in [-0.4, -0.2) is 35.3 Å². The highest BCUT2D eigenvalue weighted by atomic mass is 35.5. The van der Waals surface area contributed by atoms with E-state index in [-0.39, 0.29) is 24.3 Å². The highest BCUT2D eigenvalue weighted by Crippen LogP contribution is 2.33. The Morgan fingerprint density at radius 1 is 1.32 bits per heavy atom. The van der Waals surface area contributed by atoms with Crippen LogP contribution in [0, 0.1) is 5.92 Å². The molecule has 2 atom stereocenters. The molecule has 2 amide bonds. The molecule has 2 unspecified atom stereocenters. The second-order valence-electron chi connectivity index (χ2n) is 6.80. The maximum Gasteiger partial charge on any atom is 0.244 e. The summed E-state index contributed by atoms with van der Waals surface area (Å²) >= 11 is 12.1. The van der Waals surface area contributed by atoms with Crippen LogP contribution < -0.4 is 11.1 Å². The fraction of sp³-hybridized carbons (Fsp3) is 0.556. The Hall–Kier alpha value is -1.30. The molecule has 0 aliphatic heterocycles. The van der Waals surface area contributed by atoms with E-state index in [0.29, 0.717) is 22.3 Å². The van der Waals surface area contributed by atoms with Crippen LogP contribution in [0.5, 0.6) is 0 Å². The first kappa shape index (κ1) is 20.0. The minimum Gasteiger partial charge on any atom is -0.333 e. The third-order valence-electron chi connectivity index (χ3n) is 4.81. The van der Waals surface area contributed by atoms with Gasteiger partial charge in [0.25, 0.3) is 0 Å². The van der Waals surface area contributed by atoms with E-state index in [4.69, 9.17) is 28.9 Å². The highest BCUT2D eigenvalue weighted by Gasteiger charge is 2.39. The number of hydrogen-bond acceptors (Lipinski definition) is 3. The highest BCUT2D eigenvalue weighted by molar-refractivity contribution is 6.39. The Labute approximate surface area is 158 Å². The van der Waals surface area contributed by atoms with Gasteiger partial charge in [0.1, 0.15) is 0 Å². The van der Waals surface area contributed by atoms with Crippen molar-refractivity contribution in [3.63, 3.8) is 0 Å². The molecule has 1 aromatic rings. The van der Waals surface area contributed by atoms with E-state index >= 15 is 0 Å². The van der Waals surface area contributed by atoms with Crippen molar-refractivity contribution in [1.29, 1.82) is 0 Å². The Morgan fingerprint density at radius 2 is 1.96 bits per heavy atom. The molecule has 3 N–H and O–H groups in total. The van der Waals surface area contributed by atoms with Gasteiger partial charge in [0.15, 0.2) is 0 Å². The number of amides is 2. The van der Waals surface area contributed by atoms with E-state index < -0.39 is 5.54 Å². The average Bonchev–Trinajstić information content (AvgIpc) is 2.55. The Balaban J connectivity index is 2.06. The van der Waals surface area contributed by atoms with Crippen molar-refractivity contribution in [2.45, 2.75) is 45.1 Å². The average molecular weight is 386 g/mol. The molecule has 0 aromatic heterocycles. The van der Waals surface area contributed by atoms with Crippen molar-refractivity contribution in [3.8, 4) is 0 Å². The lowest BCUT2D eigenvalue weighted by Gasteiger charge is -2.39. The van der Waals surface area contributed by atoms with Crippen molar-refractivity contribution in [3.05, 3.63) is 28.2 Å². The predicted octanol–water partition coefficient (Wildman–Crippen LogP) is 3.69. The summed E-state index contributed by atoms with van der Waals surface area (Å²) in [4.78, 5) is 26.8. The van der Waals surface area contributed by atoms with Gasteiger partial charge in [-0.05, 0) is 38.8 Å². The summed E-state index contributed by atoms with van der Waals surface area (Å²) in [5, 5.41) is 3.41. The predicted molar refractivity (Wildman–Crippen MR) is 102 cm³/mol. The molecule has 0 spiro atoms. The van der Waals surface area contributed by atoms with Crippen LogP contribution in [0.2, 0.25) is 10.0 Å². The first-order valence-electron chi connectivity index (χ1n) is 8.57. The fourth-order valence-corrected chi connectivity index (χ4v) is 3.79. The number of para-hydroxylation sites is 1. The molecule has 25 heavy (non-hydrogen) atoms. The number of likely N-dealkylation sites (N-methyl/N-ethyl adjacent to an activating group) is 1. The summed E-state index contributed by atoms with van der Waals surface area (Å²) in [6.45, 7) is 4.16. The fourth-order valence-electron chi connectivity index (χ4n) is 3.30. The SMILES string of the molecule is CCN(CC(=O)Nc1c(Cl)cccc1Cl)C(=O)C1CCCCC1(C)N. The van der Waals surface area contributed by atoms with Crippen LogP contribution in [0.4, 0.5) is 5.69 Å². The van der Waals surface area contributed by atoms with Gasteiger partial charge < -0.3 is 16.0 Å². The van der Waals surface area contributed by atoms with Crippen LogP contribution in [0.15, 0.2) is 18.2 Å². The first-order valence-corrected chi connectivity index (χ1v) is 9.33. The number of rotatable bonds is 5. The minimum atomic E-state index is -0.523. The molecule has 2 rings (SSSR count). The molecule has 1 aliphatic carbocycles. The Bertz CT molecular complexity index is 629. The number of carbonyl (C=O) groups is 2. The summed E-state index contributed by atoms with van der Waals surface area (Å²) in [7, 11) is 0. The summed E-state index contributed by atoms with van der Waals surface area (Å²) in [6, 6.07) is 4.99. The van der Waals surface area contributed by atoms with E-state index in [9.17, 15) is 9.59 Å². The molecule has 0 saturated heterocycles. The molecule has 1 saturated carbocycles. The number of halogens is 2. The number of nitrogens with zero attached hydrogens (tertiary/aromatic N) is 1. The van der Waals surface area contributed by atoms with Gasteiger partial charge >= 0.3 is 0 Å². The standard InChI is InChI=1S/C18H25Cl2N3O2/c1-3-23(17(25)12-7-4-5-10-18(12,2)21)11-15(24)22-16-13(19)8-6-9-14(16)20/h6,8-9,12H,3-5,7,10-11,21H2,1-2H3,(H,22,24). The van der Waals surface area contributed by atoms with Crippen LogP contribution in [0.1, 0.15) is 39.5 Å². The second kappa shape index (κ2) is 8.39. The lowest BCUT2D eigenvalue weighted by molar-refractivity contribution is -0.141. The lowest BCUT2D eigenvalue weighted by Crippen LogP contribution is -2.54. The van der Waals surface area contributed by atoms with E-state index in [1.807, 2.05) is 13.8 Å². The van der Waals surface area contributed by atoms with Crippen molar-refractivity contribution >= 4 is 40.7 Å². The number of hydrogen-bond donors (Lipinski definition) is 2. The largest absolute Gasteiger partial charge is 0.333 e.